The standard InChI is InChI=1S/C33H27N/c1-4-10-28(11-5-1)32(29-12-6-2-7-13-29)33(30-14-8-3-9-15-30)31-20-18-26(19-21-31)16-17-27-22-24-34-25-23-27/h1-15,18-25H,16-17H2. The Morgan fingerprint density at radius 1 is 0.382 bits per heavy atom. The van der Waals surface area contributed by atoms with E-state index in [1.165, 1.54) is 44.5 Å². The van der Waals surface area contributed by atoms with E-state index in [0.717, 1.165) is 12.8 Å². The summed E-state index contributed by atoms with van der Waals surface area (Å²) >= 11 is 0. The second-order valence-electron chi connectivity index (χ2n) is 8.40. The highest BCUT2D eigenvalue weighted by Gasteiger charge is 2.15. The molecular formula is C33H27N. The summed E-state index contributed by atoms with van der Waals surface area (Å²) in [4.78, 5) is 4.12. The van der Waals surface area contributed by atoms with Crippen LogP contribution in [0.4, 0.5) is 0 Å². The monoisotopic (exact) mass is 437 g/mol. The number of hydrogen-bond donors (Lipinski definition) is 0. The Labute approximate surface area is 202 Å². The molecule has 0 atom stereocenters. The Balaban J connectivity index is 1.60. The van der Waals surface area contributed by atoms with Crippen molar-refractivity contribution in [3.8, 4) is 0 Å². The number of hydrogen-bond acceptors (Lipinski definition) is 1. The van der Waals surface area contributed by atoms with Gasteiger partial charge in [0, 0.05) is 12.4 Å². The first-order chi connectivity index (χ1) is 16.9. The van der Waals surface area contributed by atoms with Gasteiger partial charge in [-0.15, -0.1) is 0 Å². The maximum Gasteiger partial charge on any atom is 0.0270 e. The van der Waals surface area contributed by atoms with E-state index in [2.05, 4.69) is 132 Å². The predicted molar refractivity (Wildman–Crippen MR) is 142 cm³/mol. The summed E-state index contributed by atoms with van der Waals surface area (Å²) in [5, 5.41) is 0. The van der Waals surface area contributed by atoms with Gasteiger partial charge in [-0.05, 0) is 69.5 Å². The molecule has 0 aliphatic rings. The van der Waals surface area contributed by atoms with Crippen LogP contribution in [0.3, 0.4) is 0 Å². The highest BCUT2D eigenvalue weighted by molar-refractivity contribution is 6.04. The number of benzene rings is 4. The maximum atomic E-state index is 4.12. The van der Waals surface area contributed by atoms with Crippen LogP contribution >= 0.6 is 0 Å². The van der Waals surface area contributed by atoms with Crippen LogP contribution in [0.15, 0.2) is 140 Å². The van der Waals surface area contributed by atoms with Crippen molar-refractivity contribution in [2.75, 3.05) is 0 Å². The topological polar surface area (TPSA) is 12.9 Å². The molecule has 34 heavy (non-hydrogen) atoms. The Hall–Kier alpha value is -4.23. The quantitative estimate of drug-likeness (QED) is 0.236. The summed E-state index contributed by atoms with van der Waals surface area (Å²) in [6.07, 6.45) is 5.76. The van der Waals surface area contributed by atoms with Gasteiger partial charge in [0.25, 0.3) is 0 Å². The normalized spacial score (nSPS) is 10.6. The first-order valence-corrected chi connectivity index (χ1v) is 11.8. The molecule has 0 spiro atoms. The van der Waals surface area contributed by atoms with E-state index in [9.17, 15) is 0 Å². The van der Waals surface area contributed by atoms with Crippen molar-refractivity contribution in [2.45, 2.75) is 12.8 Å². The molecule has 0 bridgehead atoms. The smallest absolute Gasteiger partial charge is 0.0270 e. The summed E-state index contributed by atoms with van der Waals surface area (Å²) < 4.78 is 0. The van der Waals surface area contributed by atoms with Gasteiger partial charge in [0.1, 0.15) is 0 Å². The van der Waals surface area contributed by atoms with E-state index in [1.807, 2.05) is 12.4 Å². The minimum absolute atomic E-state index is 1.01. The van der Waals surface area contributed by atoms with Gasteiger partial charge in [0.2, 0.25) is 0 Å². The molecule has 0 radical (unpaired) electrons. The highest BCUT2D eigenvalue weighted by Crippen LogP contribution is 2.36. The molecule has 1 nitrogen and oxygen atoms in total. The van der Waals surface area contributed by atoms with Crippen molar-refractivity contribution in [1.82, 2.24) is 4.98 Å². The van der Waals surface area contributed by atoms with Crippen molar-refractivity contribution in [3.05, 3.63) is 173 Å². The molecule has 4 aromatic carbocycles. The van der Waals surface area contributed by atoms with Gasteiger partial charge in [-0.3, -0.25) is 4.98 Å². The molecule has 1 aromatic heterocycles. The summed E-state index contributed by atoms with van der Waals surface area (Å²) in [7, 11) is 0. The van der Waals surface area contributed by atoms with Crippen molar-refractivity contribution in [1.29, 1.82) is 0 Å². The third kappa shape index (κ3) is 5.05. The average Bonchev–Trinajstić information content (AvgIpc) is 2.93. The lowest BCUT2D eigenvalue weighted by atomic mass is 9.85. The van der Waals surface area contributed by atoms with E-state index in [1.54, 1.807) is 0 Å². The molecule has 0 saturated carbocycles. The SMILES string of the molecule is c1ccc(C(=C(c2ccccc2)c2ccc(CCc3ccncc3)cc2)c2ccccc2)cc1. The van der Waals surface area contributed by atoms with Crippen LogP contribution in [-0.4, -0.2) is 4.98 Å². The van der Waals surface area contributed by atoms with Crippen molar-refractivity contribution in [3.63, 3.8) is 0 Å². The first kappa shape index (κ1) is 21.6. The van der Waals surface area contributed by atoms with Crippen LogP contribution in [-0.2, 0) is 12.8 Å². The Bertz CT molecular complexity index is 1300. The number of rotatable bonds is 7. The van der Waals surface area contributed by atoms with Crippen LogP contribution < -0.4 is 0 Å². The van der Waals surface area contributed by atoms with E-state index < -0.39 is 0 Å². The zero-order valence-electron chi connectivity index (χ0n) is 19.1. The van der Waals surface area contributed by atoms with Crippen molar-refractivity contribution in [2.24, 2.45) is 0 Å². The third-order valence-corrected chi connectivity index (χ3v) is 6.13. The van der Waals surface area contributed by atoms with Crippen LogP contribution in [0.5, 0.6) is 0 Å². The number of nitrogens with zero attached hydrogens (tertiary/aromatic N) is 1. The van der Waals surface area contributed by atoms with E-state index in [0.29, 0.717) is 0 Å². The largest absolute Gasteiger partial charge is 0.265 e. The molecule has 0 fully saturated rings. The molecule has 1 heteroatoms. The minimum atomic E-state index is 1.01. The van der Waals surface area contributed by atoms with Crippen LogP contribution in [0.1, 0.15) is 33.4 Å². The summed E-state index contributed by atoms with van der Waals surface area (Å²) in [6.45, 7) is 0. The average molecular weight is 438 g/mol. The third-order valence-electron chi connectivity index (χ3n) is 6.13. The van der Waals surface area contributed by atoms with Gasteiger partial charge in [-0.1, -0.05) is 115 Å². The van der Waals surface area contributed by atoms with Gasteiger partial charge < -0.3 is 0 Å². The molecule has 0 unspecified atom stereocenters. The van der Waals surface area contributed by atoms with Crippen LogP contribution in [0.25, 0.3) is 11.1 Å². The number of aryl methyl sites for hydroxylation is 2. The molecule has 0 saturated heterocycles. The fraction of sp³-hybridized carbons (Fsp3) is 0.0606. The lowest BCUT2D eigenvalue weighted by Crippen LogP contribution is -1.98. The van der Waals surface area contributed by atoms with Crippen LogP contribution in [0, 0.1) is 0 Å². The van der Waals surface area contributed by atoms with E-state index in [4.69, 9.17) is 0 Å². The number of pyridine rings is 1. The molecule has 164 valence electrons. The Morgan fingerprint density at radius 3 is 1.15 bits per heavy atom. The summed E-state index contributed by atoms with van der Waals surface area (Å²) in [5.41, 5.74) is 10.0. The van der Waals surface area contributed by atoms with Gasteiger partial charge in [0.15, 0.2) is 0 Å². The summed E-state index contributed by atoms with van der Waals surface area (Å²) in [6, 6.07) is 45.4. The fourth-order valence-electron chi connectivity index (χ4n) is 4.40. The molecule has 0 aliphatic heterocycles. The Kier molecular flexibility index (Phi) is 6.73. The highest BCUT2D eigenvalue weighted by atomic mass is 14.6. The Morgan fingerprint density at radius 2 is 0.735 bits per heavy atom. The summed E-state index contributed by atoms with van der Waals surface area (Å²) in [5.74, 6) is 0. The lowest BCUT2D eigenvalue weighted by Gasteiger charge is -2.18. The van der Waals surface area contributed by atoms with Gasteiger partial charge in [-0.25, -0.2) is 0 Å². The zero-order chi connectivity index (χ0) is 23.0. The van der Waals surface area contributed by atoms with Crippen molar-refractivity contribution >= 4 is 11.1 Å². The van der Waals surface area contributed by atoms with E-state index in [-0.39, 0.29) is 0 Å². The van der Waals surface area contributed by atoms with Gasteiger partial charge in [-0.2, -0.15) is 0 Å². The zero-order valence-corrected chi connectivity index (χ0v) is 19.1. The molecule has 5 rings (SSSR count). The number of aromatic nitrogens is 1. The lowest BCUT2D eigenvalue weighted by molar-refractivity contribution is 0.955. The second-order valence-corrected chi connectivity index (χ2v) is 8.40. The second kappa shape index (κ2) is 10.6. The molecule has 0 amide bonds. The minimum Gasteiger partial charge on any atom is -0.265 e. The molecule has 5 aromatic rings. The molecule has 0 aliphatic carbocycles. The predicted octanol–water partition coefficient (Wildman–Crippen LogP) is 7.87. The fourth-order valence-corrected chi connectivity index (χ4v) is 4.40. The molecular weight excluding hydrogens is 410 g/mol. The molecule has 1 heterocycles. The van der Waals surface area contributed by atoms with E-state index >= 15 is 0 Å². The molecule has 0 N–H and O–H groups in total. The first-order valence-electron chi connectivity index (χ1n) is 11.8. The van der Waals surface area contributed by atoms with Crippen LogP contribution in [0.2, 0.25) is 0 Å². The van der Waals surface area contributed by atoms with Gasteiger partial charge in [0.05, 0.1) is 0 Å². The maximum absolute atomic E-state index is 4.12. The van der Waals surface area contributed by atoms with Crippen molar-refractivity contribution < 1.29 is 0 Å². The van der Waals surface area contributed by atoms with Gasteiger partial charge >= 0.3 is 0 Å².